The van der Waals surface area contributed by atoms with Crippen molar-refractivity contribution in [2.45, 2.75) is 30.8 Å². The maximum absolute atomic E-state index is 15.3. The number of aromatic nitrogens is 2. The lowest BCUT2D eigenvalue weighted by Crippen LogP contribution is -2.26. The number of hydrogen-bond donors (Lipinski definition) is 5. The molecule has 1 aliphatic heterocycles. The van der Waals surface area contributed by atoms with E-state index in [-0.39, 0.29) is 23.1 Å². The van der Waals surface area contributed by atoms with Crippen molar-refractivity contribution in [3.63, 3.8) is 0 Å². The fourth-order valence-electron chi connectivity index (χ4n) is 5.10. The van der Waals surface area contributed by atoms with Crippen LogP contribution in [0.15, 0.2) is 76.1 Å². The Balaban J connectivity index is 1.35. The zero-order chi connectivity index (χ0) is 36.5. The Morgan fingerprint density at radius 2 is 1.75 bits per heavy atom. The molecule has 12 nitrogen and oxygen atoms in total. The minimum Gasteiger partial charge on any atom is -0.448 e. The number of carbonyl (C=O) groups excluding carboxylic acids is 2. The number of benzene rings is 3. The second-order valence-corrected chi connectivity index (χ2v) is 12.4. The van der Waals surface area contributed by atoms with Crippen LogP contribution in [0.1, 0.15) is 25.3 Å². The molecule has 0 saturated carbocycles. The molecule has 1 aliphatic rings. The predicted molar refractivity (Wildman–Crippen MR) is 183 cm³/mol. The van der Waals surface area contributed by atoms with E-state index in [0.717, 1.165) is 38.5 Å². The Morgan fingerprint density at radius 3 is 2.47 bits per heavy atom. The van der Waals surface area contributed by atoms with Gasteiger partial charge < -0.3 is 30.9 Å². The number of nitrogens with one attached hydrogen (secondary N) is 4. The van der Waals surface area contributed by atoms with Gasteiger partial charge in [-0.1, -0.05) is 12.1 Å². The quantitative estimate of drug-likeness (QED) is 0.0780. The second kappa shape index (κ2) is 16.6. The van der Waals surface area contributed by atoms with Crippen molar-refractivity contribution < 1.29 is 40.5 Å². The molecule has 0 radical (unpaired) electrons. The number of thiol groups is 1. The molecule has 4 aromatic rings. The summed E-state index contributed by atoms with van der Waals surface area (Å²) in [5.74, 6) is -1.50. The van der Waals surface area contributed by atoms with E-state index < -0.39 is 51.8 Å². The van der Waals surface area contributed by atoms with Crippen LogP contribution in [0.25, 0.3) is 11.1 Å². The van der Waals surface area contributed by atoms with Gasteiger partial charge in [0.1, 0.15) is 17.5 Å². The number of urea groups is 1. The Morgan fingerprint density at radius 1 is 0.980 bits per heavy atom. The summed E-state index contributed by atoms with van der Waals surface area (Å²) in [6.07, 6.45) is -2.03. The third kappa shape index (κ3) is 10.1. The van der Waals surface area contributed by atoms with Crippen molar-refractivity contribution in [2.24, 2.45) is 4.36 Å². The molecule has 1 aromatic heterocycles. The number of rotatable bonds is 11. The van der Waals surface area contributed by atoms with Crippen molar-refractivity contribution >= 4 is 51.5 Å². The molecule has 270 valence electrons. The molecule has 18 heteroatoms. The lowest BCUT2D eigenvalue weighted by Gasteiger charge is -2.17. The molecule has 3 amide bonds. The molecular weight excluding hydrogens is 699 g/mol. The van der Waals surface area contributed by atoms with Crippen LogP contribution in [-0.2, 0) is 21.5 Å². The minimum atomic E-state index is -4.77. The average molecular weight is 733 g/mol. The zero-order valence-electron chi connectivity index (χ0n) is 27.1. The zero-order valence-corrected chi connectivity index (χ0v) is 28.0. The number of likely N-dealkylation sites (tertiary alicyclic amines) is 1. The van der Waals surface area contributed by atoms with Crippen molar-refractivity contribution in [3.8, 4) is 11.1 Å². The van der Waals surface area contributed by atoms with Crippen LogP contribution in [0, 0.1) is 11.6 Å². The first-order valence-electron chi connectivity index (χ1n) is 15.7. The highest BCUT2D eigenvalue weighted by atomic mass is 32.2. The Bertz CT molecular complexity index is 1990. The predicted octanol–water partition coefficient (Wildman–Crippen LogP) is 7.52. The molecular formula is C33H33F5N8O4S. The Labute approximate surface area is 291 Å². The number of amides is 3. The maximum Gasteiger partial charge on any atom is 0.441 e. The van der Waals surface area contributed by atoms with E-state index in [1.165, 1.54) is 24.4 Å². The van der Waals surface area contributed by atoms with Crippen LogP contribution in [0.2, 0.25) is 0 Å². The summed E-state index contributed by atoms with van der Waals surface area (Å²) in [5, 5.41) is 10.5. The Hall–Kier alpha value is -5.36. The van der Waals surface area contributed by atoms with Gasteiger partial charge in [0.05, 0.1) is 34.1 Å². The lowest BCUT2D eigenvalue weighted by molar-refractivity contribution is -0.137. The summed E-state index contributed by atoms with van der Waals surface area (Å²) in [6.45, 7) is 4.87. The van der Waals surface area contributed by atoms with E-state index >= 15 is 4.39 Å². The number of nitrogens with zero attached hydrogens (tertiary/aromatic N) is 4. The van der Waals surface area contributed by atoms with E-state index in [1.807, 2.05) is 5.32 Å². The fourth-order valence-corrected chi connectivity index (χ4v) is 5.88. The van der Waals surface area contributed by atoms with Crippen molar-refractivity contribution in [1.82, 2.24) is 14.9 Å². The van der Waals surface area contributed by atoms with E-state index in [9.17, 15) is 31.4 Å². The number of anilines is 5. The lowest BCUT2D eigenvalue weighted by atomic mass is 10.1. The normalized spacial score (nSPS) is 13.8. The molecule has 0 bridgehead atoms. The molecule has 5 rings (SSSR count). The van der Waals surface area contributed by atoms with Crippen LogP contribution in [0.4, 0.5) is 60.4 Å². The van der Waals surface area contributed by atoms with Gasteiger partial charge in [0.15, 0.2) is 0 Å². The molecule has 2 heterocycles. The molecule has 0 spiro atoms. The van der Waals surface area contributed by atoms with Gasteiger partial charge in [0.25, 0.3) is 0 Å². The molecule has 3 aromatic carbocycles. The molecule has 1 atom stereocenters. The monoisotopic (exact) mass is 732 g/mol. The van der Waals surface area contributed by atoms with E-state index in [0.29, 0.717) is 47.4 Å². The number of ether oxygens (including phenoxy) is 1. The van der Waals surface area contributed by atoms with E-state index in [4.69, 9.17) is 4.74 Å². The average Bonchev–Trinajstić information content (AvgIpc) is 3.60. The van der Waals surface area contributed by atoms with Crippen molar-refractivity contribution in [2.75, 3.05) is 54.1 Å². The molecule has 51 heavy (non-hydrogen) atoms. The van der Waals surface area contributed by atoms with E-state index in [2.05, 4.69) is 35.2 Å². The first-order valence-corrected chi connectivity index (χ1v) is 16.9. The van der Waals surface area contributed by atoms with Crippen LogP contribution in [-0.4, -0.2) is 64.0 Å². The third-order valence-corrected chi connectivity index (χ3v) is 8.61. The largest absolute Gasteiger partial charge is 0.448 e. The summed E-state index contributed by atoms with van der Waals surface area (Å²) in [5.41, 5.74) is -1.03. The smallest absolute Gasteiger partial charge is 0.441 e. The van der Waals surface area contributed by atoms with Gasteiger partial charge in [-0.25, -0.2) is 27.6 Å². The van der Waals surface area contributed by atoms with Crippen LogP contribution < -0.4 is 21.3 Å². The molecule has 1 unspecified atom stereocenters. The third-order valence-electron chi connectivity index (χ3n) is 7.54. The van der Waals surface area contributed by atoms with Crippen LogP contribution in [0.5, 0.6) is 0 Å². The van der Waals surface area contributed by atoms with E-state index in [1.54, 1.807) is 25.1 Å². The highest BCUT2D eigenvalue weighted by Crippen LogP contribution is 2.33. The van der Waals surface area contributed by atoms with Gasteiger partial charge in [0, 0.05) is 35.4 Å². The van der Waals surface area contributed by atoms with Gasteiger partial charge in [0.2, 0.25) is 5.95 Å². The van der Waals surface area contributed by atoms with Gasteiger partial charge >= 0.3 is 18.3 Å². The van der Waals surface area contributed by atoms with Crippen LogP contribution in [0.3, 0.4) is 0 Å². The van der Waals surface area contributed by atoms with Gasteiger partial charge in [-0.3, -0.25) is 0 Å². The van der Waals surface area contributed by atoms with Crippen LogP contribution >= 0.6 is 0 Å². The number of halogens is 5. The molecule has 1 saturated heterocycles. The summed E-state index contributed by atoms with van der Waals surface area (Å²) in [6, 6.07) is 10.6. The standard InChI is InChI=1S/C33H33F5N8O4S/c1-2-50-32(48)45-51(49)23-7-5-6-22(18-23)41-30-40-19-24(29(44-30)39-12-15-46-13-3-4-14-46)20-8-11-27(26(35)16-20)42-31(47)43-28-17-21(33(36,37)38)9-10-25(28)34/h5-11,16-19,51H,2-4,12-15H2,1H3,(H2,42,43,47)(H2,39,40,41,44). The Kier molecular flexibility index (Phi) is 12.0. The minimum absolute atomic E-state index is 0.0916. The second-order valence-electron chi connectivity index (χ2n) is 11.1. The first kappa shape index (κ1) is 36.9. The highest BCUT2D eigenvalue weighted by Gasteiger charge is 2.31. The SMILES string of the molecule is CCOC(=O)/N=[SH](=O)\c1cccc(Nc2ncc(-c3ccc(NC(=O)Nc4cc(C(F)(F)F)ccc4F)c(F)c3)c(NCCN3CCCC3)n2)c1. The highest BCUT2D eigenvalue weighted by molar-refractivity contribution is 7.75. The molecule has 0 aliphatic carbocycles. The summed E-state index contributed by atoms with van der Waals surface area (Å²) in [7, 11) is -2.42. The van der Waals surface area contributed by atoms with Crippen molar-refractivity contribution in [1.29, 1.82) is 0 Å². The van der Waals surface area contributed by atoms with Gasteiger partial charge in [-0.05, 0) is 86.9 Å². The van der Waals surface area contributed by atoms with Gasteiger partial charge in [-0.15, -0.1) is 4.36 Å². The molecule has 4 N–H and O–H groups in total. The topological polar surface area (TPSA) is 150 Å². The first-order chi connectivity index (χ1) is 24.4. The maximum atomic E-state index is 15.3. The number of hydrogen-bond acceptors (Lipinski definition) is 9. The summed E-state index contributed by atoms with van der Waals surface area (Å²) < 4.78 is 89.4. The number of alkyl halides is 3. The van der Waals surface area contributed by atoms with Gasteiger partial charge in [-0.2, -0.15) is 18.2 Å². The number of carbonyl (C=O) groups is 2. The van der Waals surface area contributed by atoms with Crippen molar-refractivity contribution in [3.05, 3.63) is 84.1 Å². The summed E-state index contributed by atoms with van der Waals surface area (Å²) in [4.78, 5) is 35.7. The summed E-state index contributed by atoms with van der Waals surface area (Å²) >= 11 is 0. The molecule has 1 fully saturated rings. The fraction of sp³-hybridized carbons (Fsp3) is 0.273.